The lowest BCUT2D eigenvalue weighted by Gasteiger charge is -2.14. The summed E-state index contributed by atoms with van der Waals surface area (Å²) >= 11 is 0. The van der Waals surface area contributed by atoms with Gasteiger partial charge in [0.25, 0.3) is 0 Å². The molecule has 0 radical (unpaired) electrons. The smallest absolute Gasteiger partial charge is 0.221 e. The highest BCUT2D eigenvalue weighted by molar-refractivity contribution is 5.88. The van der Waals surface area contributed by atoms with Crippen molar-refractivity contribution in [3.63, 3.8) is 0 Å². The first-order valence-electron chi connectivity index (χ1n) is 6.87. The summed E-state index contributed by atoms with van der Waals surface area (Å²) in [5.41, 5.74) is 0.772. The molecule has 1 aliphatic carbocycles. The molecule has 0 aromatic heterocycles. The van der Waals surface area contributed by atoms with Crippen LogP contribution in [-0.2, 0) is 4.79 Å². The Bertz CT molecular complexity index is 430. The van der Waals surface area contributed by atoms with E-state index in [0.29, 0.717) is 12.5 Å². The SMILES string of the molecule is CC(=O)Nc1cccc(OCC(C)CNC2CC2)c1. The lowest BCUT2D eigenvalue weighted by molar-refractivity contribution is -0.114. The van der Waals surface area contributed by atoms with E-state index in [9.17, 15) is 4.79 Å². The van der Waals surface area contributed by atoms with Crippen LogP contribution in [0, 0.1) is 5.92 Å². The van der Waals surface area contributed by atoms with Gasteiger partial charge in [-0.25, -0.2) is 0 Å². The number of hydrogen-bond donors (Lipinski definition) is 2. The first-order valence-corrected chi connectivity index (χ1v) is 6.87. The van der Waals surface area contributed by atoms with E-state index in [2.05, 4.69) is 17.6 Å². The van der Waals surface area contributed by atoms with Gasteiger partial charge in [0.2, 0.25) is 5.91 Å². The molecule has 1 aliphatic rings. The second kappa shape index (κ2) is 6.57. The Labute approximate surface area is 114 Å². The summed E-state index contributed by atoms with van der Waals surface area (Å²) in [6.07, 6.45) is 2.62. The molecule has 1 saturated carbocycles. The number of amides is 1. The number of benzene rings is 1. The minimum absolute atomic E-state index is 0.0702. The molecule has 1 atom stereocenters. The molecule has 0 saturated heterocycles. The summed E-state index contributed by atoms with van der Waals surface area (Å²) in [5, 5.41) is 6.24. The van der Waals surface area contributed by atoms with E-state index in [-0.39, 0.29) is 5.91 Å². The van der Waals surface area contributed by atoms with Crippen LogP contribution in [0.25, 0.3) is 0 Å². The first kappa shape index (κ1) is 13.9. The number of carbonyl (C=O) groups excluding carboxylic acids is 1. The predicted octanol–water partition coefficient (Wildman–Crippen LogP) is 2.41. The molecule has 1 aromatic carbocycles. The van der Waals surface area contributed by atoms with Crippen molar-refractivity contribution in [3.8, 4) is 5.75 Å². The maximum absolute atomic E-state index is 11.0. The van der Waals surface area contributed by atoms with Crippen molar-refractivity contribution in [1.29, 1.82) is 0 Å². The van der Waals surface area contributed by atoms with E-state index in [1.54, 1.807) is 0 Å². The van der Waals surface area contributed by atoms with Gasteiger partial charge in [0, 0.05) is 37.2 Å². The molecule has 1 unspecified atom stereocenters. The van der Waals surface area contributed by atoms with Crippen molar-refractivity contribution in [2.24, 2.45) is 5.92 Å². The summed E-state index contributed by atoms with van der Waals surface area (Å²) in [6.45, 7) is 5.35. The minimum atomic E-state index is -0.0702. The van der Waals surface area contributed by atoms with Crippen LogP contribution in [0.3, 0.4) is 0 Å². The normalized spacial score (nSPS) is 15.9. The van der Waals surface area contributed by atoms with Crippen molar-refractivity contribution >= 4 is 11.6 Å². The molecule has 0 bridgehead atoms. The van der Waals surface area contributed by atoms with Crippen LogP contribution in [0.1, 0.15) is 26.7 Å². The van der Waals surface area contributed by atoms with Gasteiger partial charge in [-0.05, 0) is 25.0 Å². The Morgan fingerprint density at radius 3 is 2.95 bits per heavy atom. The van der Waals surface area contributed by atoms with Gasteiger partial charge in [-0.1, -0.05) is 13.0 Å². The Morgan fingerprint density at radius 1 is 1.47 bits per heavy atom. The van der Waals surface area contributed by atoms with Crippen molar-refractivity contribution in [3.05, 3.63) is 24.3 Å². The predicted molar refractivity (Wildman–Crippen MR) is 76.4 cm³/mol. The molecule has 4 heteroatoms. The summed E-state index contributed by atoms with van der Waals surface area (Å²) in [7, 11) is 0. The summed E-state index contributed by atoms with van der Waals surface area (Å²) in [4.78, 5) is 11.0. The molecule has 0 spiro atoms. The van der Waals surface area contributed by atoms with Crippen LogP contribution < -0.4 is 15.4 Å². The van der Waals surface area contributed by atoms with Crippen LogP contribution >= 0.6 is 0 Å². The number of ether oxygens (including phenoxy) is 1. The third-order valence-corrected chi connectivity index (χ3v) is 3.02. The van der Waals surface area contributed by atoms with Crippen molar-refractivity contribution in [2.75, 3.05) is 18.5 Å². The molecule has 0 heterocycles. The van der Waals surface area contributed by atoms with Gasteiger partial charge in [0.15, 0.2) is 0 Å². The molecule has 0 aliphatic heterocycles. The highest BCUT2D eigenvalue weighted by Crippen LogP contribution is 2.20. The second-order valence-corrected chi connectivity index (χ2v) is 5.31. The molecule has 2 N–H and O–H groups in total. The average molecular weight is 262 g/mol. The molecule has 1 fully saturated rings. The molecule has 4 nitrogen and oxygen atoms in total. The van der Waals surface area contributed by atoms with Crippen molar-refractivity contribution in [1.82, 2.24) is 5.32 Å². The highest BCUT2D eigenvalue weighted by Gasteiger charge is 2.20. The van der Waals surface area contributed by atoms with E-state index in [4.69, 9.17) is 4.74 Å². The first-order chi connectivity index (χ1) is 9.13. The van der Waals surface area contributed by atoms with E-state index >= 15 is 0 Å². The monoisotopic (exact) mass is 262 g/mol. The van der Waals surface area contributed by atoms with Crippen LogP contribution in [0.4, 0.5) is 5.69 Å². The van der Waals surface area contributed by atoms with E-state index in [0.717, 1.165) is 24.0 Å². The Hall–Kier alpha value is -1.55. The van der Waals surface area contributed by atoms with E-state index in [1.165, 1.54) is 19.8 Å². The fraction of sp³-hybridized carbons (Fsp3) is 0.533. The maximum Gasteiger partial charge on any atom is 0.221 e. The van der Waals surface area contributed by atoms with Gasteiger partial charge < -0.3 is 15.4 Å². The minimum Gasteiger partial charge on any atom is -0.493 e. The van der Waals surface area contributed by atoms with Gasteiger partial charge in [0.05, 0.1) is 6.61 Å². The highest BCUT2D eigenvalue weighted by atomic mass is 16.5. The largest absolute Gasteiger partial charge is 0.493 e. The van der Waals surface area contributed by atoms with E-state index < -0.39 is 0 Å². The molecule has 104 valence electrons. The third kappa shape index (κ3) is 5.30. The zero-order chi connectivity index (χ0) is 13.7. The van der Waals surface area contributed by atoms with Crippen molar-refractivity contribution < 1.29 is 9.53 Å². The summed E-state index contributed by atoms with van der Waals surface area (Å²) in [5.74, 6) is 1.20. The number of nitrogens with one attached hydrogen (secondary N) is 2. The number of rotatable bonds is 7. The second-order valence-electron chi connectivity index (χ2n) is 5.31. The maximum atomic E-state index is 11.0. The Kier molecular flexibility index (Phi) is 4.80. The van der Waals surface area contributed by atoms with Gasteiger partial charge >= 0.3 is 0 Å². The number of carbonyl (C=O) groups is 1. The third-order valence-electron chi connectivity index (χ3n) is 3.02. The fourth-order valence-corrected chi connectivity index (χ4v) is 1.82. The van der Waals surface area contributed by atoms with Crippen LogP contribution in [-0.4, -0.2) is 25.1 Å². The molecule has 2 rings (SSSR count). The Balaban J connectivity index is 1.75. The number of anilines is 1. The van der Waals surface area contributed by atoms with Crippen LogP contribution in [0.15, 0.2) is 24.3 Å². The van der Waals surface area contributed by atoms with Gasteiger partial charge in [-0.15, -0.1) is 0 Å². The van der Waals surface area contributed by atoms with Crippen LogP contribution in [0.5, 0.6) is 5.75 Å². The lowest BCUT2D eigenvalue weighted by Crippen LogP contribution is -2.26. The zero-order valence-electron chi connectivity index (χ0n) is 11.6. The molecular formula is C15H22N2O2. The van der Waals surface area contributed by atoms with Crippen molar-refractivity contribution in [2.45, 2.75) is 32.7 Å². The quantitative estimate of drug-likeness (QED) is 0.793. The Morgan fingerprint density at radius 2 is 2.26 bits per heavy atom. The summed E-state index contributed by atoms with van der Waals surface area (Å²) < 4.78 is 5.75. The van der Waals surface area contributed by atoms with Gasteiger partial charge in [-0.3, -0.25) is 4.79 Å². The standard InChI is InChI=1S/C15H22N2O2/c1-11(9-16-13-6-7-13)10-19-15-5-3-4-14(8-15)17-12(2)18/h3-5,8,11,13,16H,6-7,9-10H2,1-2H3,(H,17,18). The summed E-state index contributed by atoms with van der Waals surface area (Å²) in [6, 6.07) is 8.24. The lowest BCUT2D eigenvalue weighted by atomic mass is 10.2. The van der Waals surface area contributed by atoms with Crippen LogP contribution in [0.2, 0.25) is 0 Å². The van der Waals surface area contributed by atoms with Gasteiger partial charge in [0.1, 0.15) is 5.75 Å². The van der Waals surface area contributed by atoms with E-state index in [1.807, 2.05) is 24.3 Å². The molecule has 1 aromatic rings. The topological polar surface area (TPSA) is 50.4 Å². The molecule has 1 amide bonds. The fourth-order valence-electron chi connectivity index (χ4n) is 1.82. The average Bonchev–Trinajstić information content (AvgIpc) is 3.17. The molecular weight excluding hydrogens is 240 g/mol. The molecule has 19 heavy (non-hydrogen) atoms. The zero-order valence-corrected chi connectivity index (χ0v) is 11.6. The number of hydrogen-bond acceptors (Lipinski definition) is 3. The van der Waals surface area contributed by atoms with Gasteiger partial charge in [-0.2, -0.15) is 0 Å².